The van der Waals surface area contributed by atoms with E-state index in [2.05, 4.69) is 31.6 Å². The zero-order chi connectivity index (χ0) is 12.7. The SMILES string of the molecule is CN=C(NC)NCCCc1ccc(Br)cc1F. The van der Waals surface area contributed by atoms with E-state index in [9.17, 15) is 4.39 Å². The number of aliphatic imine (C=N–C) groups is 1. The maximum absolute atomic E-state index is 13.5. The second-order valence-corrected chi connectivity index (χ2v) is 4.50. The Morgan fingerprint density at radius 1 is 1.47 bits per heavy atom. The first-order chi connectivity index (χ1) is 8.17. The van der Waals surface area contributed by atoms with Gasteiger partial charge in [0.15, 0.2) is 5.96 Å². The van der Waals surface area contributed by atoms with E-state index >= 15 is 0 Å². The highest BCUT2D eigenvalue weighted by Gasteiger charge is 2.02. The molecule has 1 aromatic carbocycles. The average Bonchev–Trinajstić information content (AvgIpc) is 2.32. The van der Waals surface area contributed by atoms with Crippen molar-refractivity contribution in [1.82, 2.24) is 10.6 Å². The van der Waals surface area contributed by atoms with Crippen LogP contribution in [0.4, 0.5) is 4.39 Å². The Bertz CT molecular complexity index is 393. The van der Waals surface area contributed by atoms with Gasteiger partial charge in [-0.1, -0.05) is 22.0 Å². The fraction of sp³-hybridized carbons (Fsp3) is 0.417. The normalized spacial score (nSPS) is 11.4. The standard InChI is InChI=1S/C12H17BrFN3/c1-15-12(16-2)17-7-3-4-9-5-6-10(13)8-11(9)14/h5-6,8H,3-4,7H2,1-2H3,(H2,15,16,17). The van der Waals surface area contributed by atoms with Gasteiger partial charge in [-0.15, -0.1) is 0 Å². The largest absolute Gasteiger partial charge is 0.359 e. The van der Waals surface area contributed by atoms with Crippen LogP contribution in [0.3, 0.4) is 0 Å². The highest BCUT2D eigenvalue weighted by Crippen LogP contribution is 2.16. The molecular weight excluding hydrogens is 285 g/mol. The van der Waals surface area contributed by atoms with Gasteiger partial charge in [-0.2, -0.15) is 0 Å². The van der Waals surface area contributed by atoms with Gasteiger partial charge in [0, 0.05) is 25.1 Å². The van der Waals surface area contributed by atoms with Crippen LogP contribution < -0.4 is 10.6 Å². The predicted molar refractivity (Wildman–Crippen MR) is 72.8 cm³/mol. The van der Waals surface area contributed by atoms with Crippen LogP contribution >= 0.6 is 15.9 Å². The summed E-state index contributed by atoms with van der Waals surface area (Å²) in [5.74, 6) is 0.596. The van der Waals surface area contributed by atoms with Crippen LogP contribution in [0.15, 0.2) is 27.7 Å². The maximum atomic E-state index is 13.5. The molecule has 0 spiro atoms. The van der Waals surface area contributed by atoms with Crippen molar-refractivity contribution in [3.8, 4) is 0 Å². The van der Waals surface area contributed by atoms with Crippen LogP contribution in [-0.4, -0.2) is 26.6 Å². The molecule has 0 aromatic heterocycles. The first-order valence-electron chi connectivity index (χ1n) is 5.49. The van der Waals surface area contributed by atoms with Gasteiger partial charge < -0.3 is 10.6 Å². The van der Waals surface area contributed by atoms with Crippen LogP contribution in [0, 0.1) is 5.82 Å². The van der Waals surface area contributed by atoms with Crippen LogP contribution in [0.1, 0.15) is 12.0 Å². The van der Waals surface area contributed by atoms with E-state index in [-0.39, 0.29) is 5.82 Å². The molecule has 5 heteroatoms. The van der Waals surface area contributed by atoms with Crippen LogP contribution in [-0.2, 0) is 6.42 Å². The molecule has 0 aliphatic rings. The third-order valence-electron chi connectivity index (χ3n) is 2.39. The number of nitrogens with one attached hydrogen (secondary N) is 2. The van der Waals surface area contributed by atoms with Crippen LogP contribution in [0.25, 0.3) is 0 Å². The fourth-order valence-electron chi connectivity index (χ4n) is 1.49. The quantitative estimate of drug-likeness (QED) is 0.509. The molecule has 94 valence electrons. The van der Waals surface area contributed by atoms with Crippen molar-refractivity contribution in [3.05, 3.63) is 34.1 Å². The molecular formula is C12H17BrFN3. The molecule has 17 heavy (non-hydrogen) atoms. The molecule has 0 radical (unpaired) electrons. The number of aryl methyl sites for hydroxylation is 1. The molecule has 3 nitrogen and oxygen atoms in total. The number of rotatable bonds is 4. The van der Waals surface area contributed by atoms with Crippen molar-refractivity contribution in [1.29, 1.82) is 0 Å². The van der Waals surface area contributed by atoms with Crippen molar-refractivity contribution in [3.63, 3.8) is 0 Å². The molecule has 0 fully saturated rings. The van der Waals surface area contributed by atoms with Crippen LogP contribution in [0.5, 0.6) is 0 Å². The molecule has 0 heterocycles. The zero-order valence-corrected chi connectivity index (χ0v) is 11.6. The summed E-state index contributed by atoms with van der Waals surface area (Å²) in [6.45, 7) is 0.767. The summed E-state index contributed by atoms with van der Waals surface area (Å²) in [5.41, 5.74) is 0.745. The highest BCUT2D eigenvalue weighted by atomic mass is 79.9. The van der Waals surface area contributed by atoms with Gasteiger partial charge >= 0.3 is 0 Å². The van der Waals surface area contributed by atoms with E-state index in [0.29, 0.717) is 6.42 Å². The third-order valence-corrected chi connectivity index (χ3v) is 2.88. The van der Waals surface area contributed by atoms with Gasteiger partial charge in [-0.25, -0.2) is 4.39 Å². The minimum atomic E-state index is -0.155. The number of halogens is 2. The zero-order valence-electron chi connectivity index (χ0n) is 10.1. The Kier molecular flexibility index (Phi) is 5.97. The van der Waals surface area contributed by atoms with E-state index < -0.39 is 0 Å². The lowest BCUT2D eigenvalue weighted by atomic mass is 10.1. The van der Waals surface area contributed by atoms with Gasteiger partial charge in [-0.3, -0.25) is 4.99 Å². The van der Waals surface area contributed by atoms with Gasteiger partial charge in [0.25, 0.3) is 0 Å². The minimum absolute atomic E-state index is 0.155. The molecule has 0 saturated carbocycles. The predicted octanol–water partition coefficient (Wildman–Crippen LogP) is 2.32. The van der Waals surface area contributed by atoms with Gasteiger partial charge in [-0.05, 0) is 30.5 Å². The first kappa shape index (κ1) is 14.0. The average molecular weight is 302 g/mol. The van der Waals surface area contributed by atoms with E-state index in [1.807, 2.05) is 19.2 Å². The molecule has 0 aliphatic carbocycles. The lowest BCUT2D eigenvalue weighted by Gasteiger charge is -2.08. The van der Waals surface area contributed by atoms with E-state index in [4.69, 9.17) is 0 Å². The van der Waals surface area contributed by atoms with Crippen molar-refractivity contribution in [2.24, 2.45) is 4.99 Å². The topological polar surface area (TPSA) is 36.4 Å². The number of benzene rings is 1. The first-order valence-corrected chi connectivity index (χ1v) is 6.29. The third kappa shape index (κ3) is 4.73. The smallest absolute Gasteiger partial charge is 0.190 e. The maximum Gasteiger partial charge on any atom is 0.190 e. The summed E-state index contributed by atoms with van der Waals surface area (Å²) >= 11 is 3.24. The van der Waals surface area contributed by atoms with Gasteiger partial charge in [0.1, 0.15) is 5.82 Å². The van der Waals surface area contributed by atoms with E-state index in [1.165, 1.54) is 6.07 Å². The van der Waals surface area contributed by atoms with E-state index in [0.717, 1.165) is 29.0 Å². The Morgan fingerprint density at radius 3 is 2.82 bits per heavy atom. The number of guanidine groups is 1. The molecule has 0 saturated heterocycles. The fourth-order valence-corrected chi connectivity index (χ4v) is 1.82. The summed E-state index contributed by atoms with van der Waals surface area (Å²) in [6.07, 6.45) is 1.58. The molecule has 0 amide bonds. The van der Waals surface area contributed by atoms with E-state index in [1.54, 1.807) is 7.05 Å². The lowest BCUT2D eigenvalue weighted by molar-refractivity contribution is 0.602. The monoisotopic (exact) mass is 301 g/mol. The van der Waals surface area contributed by atoms with Crippen LogP contribution in [0.2, 0.25) is 0 Å². The Hall–Kier alpha value is -1.10. The molecule has 1 aromatic rings. The van der Waals surface area contributed by atoms with Crippen molar-refractivity contribution in [2.75, 3.05) is 20.6 Å². The van der Waals surface area contributed by atoms with Gasteiger partial charge in [0.2, 0.25) is 0 Å². The second-order valence-electron chi connectivity index (χ2n) is 3.59. The summed E-state index contributed by atoms with van der Waals surface area (Å²) in [7, 11) is 3.52. The molecule has 0 unspecified atom stereocenters. The van der Waals surface area contributed by atoms with Crippen molar-refractivity contribution >= 4 is 21.9 Å². The Labute approximate surface area is 110 Å². The minimum Gasteiger partial charge on any atom is -0.359 e. The second kappa shape index (κ2) is 7.27. The molecule has 0 bridgehead atoms. The Balaban J connectivity index is 2.36. The van der Waals surface area contributed by atoms with Gasteiger partial charge in [0.05, 0.1) is 0 Å². The Morgan fingerprint density at radius 2 is 2.24 bits per heavy atom. The number of nitrogens with zero attached hydrogens (tertiary/aromatic N) is 1. The summed E-state index contributed by atoms with van der Waals surface area (Å²) in [6, 6.07) is 5.17. The molecule has 2 N–H and O–H groups in total. The summed E-state index contributed by atoms with van der Waals surface area (Å²) < 4.78 is 14.3. The highest BCUT2D eigenvalue weighted by molar-refractivity contribution is 9.10. The molecule has 0 atom stereocenters. The van der Waals surface area contributed by atoms with Crippen molar-refractivity contribution in [2.45, 2.75) is 12.8 Å². The summed E-state index contributed by atoms with van der Waals surface area (Å²) in [5, 5.41) is 6.06. The molecule has 0 aliphatic heterocycles. The lowest BCUT2D eigenvalue weighted by Crippen LogP contribution is -2.35. The molecule has 1 rings (SSSR count). The summed E-state index contributed by atoms with van der Waals surface area (Å²) in [4.78, 5) is 3.99. The number of hydrogen-bond acceptors (Lipinski definition) is 1. The number of hydrogen-bond donors (Lipinski definition) is 2. The van der Waals surface area contributed by atoms with Crippen molar-refractivity contribution < 1.29 is 4.39 Å².